The number of hydrogen-bond acceptors (Lipinski definition) is 3. The van der Waals surface area contributed by atoms with Gasteiger partial charge in [-0.05, 0) is 38.6 Å². The van der Waals surface area contributed by atoms with Gasteiger partial charge in [-0.3, -0.25) is 9.69 Å². The van der Waals surface area contributed by atoms with Crippen molar-refractivity contribution in [3.63, 3.8) is 0 Å². The summed E-state index contributed by atoms with van der Waals surface area (Å²) in [5.41, 5.74) is 6.01. The molecule has 2 fully saturated rings. The Balaban J connectivity index is 1.95. The highest BCUT2D eigenvalue weighted by Crippen LogP contribution is 2.23. The molecule has 116 valence electrons. The van der Waals surface area contributed by atoms with Crippen LogP contribution in [0, 0.1) is 0 Å². The first-order valence-corrected chi connectivity index (χ1v) is 8.49. The summed E-state index contributed by atoms with van der Waals surface area (Å²) in [7, 11) is 0. The summed E-state index contributed by atoms with van der Waals surface area (Å²) in [4.78, 5) is 17.0. The van der Waals surface area contributed by atoms with E-state index in [1.54, 1.807) is 0 Å². The third-order valence-electron chi connectivity index (χ3n) is 5.00. The van der Waals surface area contributed by atoms with Crippen LogP contribution in [0.1, 0.15) is 58.3 Å². The molecule has 0 aromatic rings. The van der Waals surface area contributed by atoms with Crippen molar-refractivity contribution in [1.29, 1.82) is 0 Å². The van der Waals surface area contributed by atoms with Crippen LogP contribution in [0.15, 0.2) is 0 Å². The van der Waals surface area contributed by atoms with Gasteiger partial charge < -0.3 is 10.6 Å². The fourth-order valence-electron chi connectivity index (χ4n) is 3.75. The highest BCUT2D eigenvalue weighted by atomic mass is 16.2. The summed E-state index contributed by atoms with van der Waals surface area (Å²) in [5.74, 6) is 0.317. The second-order valence-electron chi connectivity index (χ2n) is 6.33. The van der Waals surface area contributed by atoms with Crippen LogP contribution in [-0.2, 0) is 4.79 Å². The summed E-state index contributed by atoms with van der Waals surface area (Å²) in [6, 6.07) is 0.864. The van der Waals surface area contributed by atoms with E-state index in [2.05, 4.69) is 11.8 Å². The quantitative estimate of drug-likeness (QED) is 0.838. The molecule has 2 saturated heterocycles. The van der Waals surface area contributed by atoms with Gasteiger partial charge in [0.15, 0.2) is 0 Å². The van der Waals surface area contributed by atoms with E-state index in [-0.39, 0.29) is 6.04 Å². The van der Waals surface area contributed by atoms with E-state index in [1.165, 1.54) is 44.9 Å². The first-order valence-electron chi connectivity index (χ1n) is 8.49. The van der Waals surface area contributed by atoms with Crippen LogP contribution in [0.25, 0.3) is 0 Å². The normalized spacial score (nSPS) is 26.5. The SMILES string of the molecule is CCC1CCCCCN1C(CN)CC(=O)N1CCCC1. The molecule has 4 heteroatoms. The van der Waals surface area contributed by atoms with E-state index in [9.17, 15) is 4.79 Å². The van der Waals surface area contributed by atoms with E-state index in [0.717, 1.165) is 19.6 Å². The molecule has 1 amide bonds. The maximum absolute atomic E-state index is 12.4. The Kier molecular flexibility index (Phi) is 6.30. The fraction of sp³-hybridized carbons (Fsp3) is 0.938. The fourth-order valence-corrected chi connectivity index (χ4v) is 3.75. The minimum Gasteiger partial charge on any atom is -0.343 e. The van der Waals surface area contributed by atoms with Gasteiger partial charge in [0.1, 0.15) is 0 Å². The Morgan fingerprint density at radius 3 is 2.50 bits per heavy atom. The number of rotatable bonds is 5. The number of carbonyl (C=O) groups excluding carboxylic acids is 1. The lowest BCUT2D eigenvalue weighted by Gasteiger charge is -2.36. The van der Waals surface area contributed by atoms with Crippen LogP contribution in [0.4, 0.5) is 0 Å². The molecule has 0 saturated carbocycles. The van der Waals surface area contributed by atoms with Crippen LogP contribution in [-0.4, -0.2) is 54.0 Å². The van der Waals surface area contributed by atoms with Crippen molar-refractivity contribution in [3.05, 3.63) is 0 Å². The monoisotopic (exact) mass is 281 g/mol. The van der Waals surface area contributed by atoms with Crippen LogP contribution in [0.3, 0.4) is 0 Å². The van der Waals surface area contributed by atoms with Crippen LogP contribution in [0.2, 0.25) is 0 Å². The molecule has 20 heavy (non-hydrogen) atoms. The van der Waals surface area contributed by atoms with Crippen molar-refractivity contribution in [2.45, 2.75) is 70.4 Å². The number of carbonyl (C=O) groups is 1. The number of hydrogen-bond donors (Lipinski definition) is 1. The Labute approximate surface area is 123 Å². The zero-order chi connectivity index (χ0) is 14.4. The van der Waals surface area contributed by atoms with Crippen molar-refractivity contribution >= 4 is 5.91 Å². The molecular weight excluding hydrogens is 250 g/mol. The van der Waals surface area contributed by atoms with E-state index in [0.29, 0.717) is 24.9 Å². The van der Waals surface area contributed by atoms with Gasteiger partial charge in [-0.2, -0.15) is 0 Å². The molecule has 0 aromatic carbocycles. The summed E-state index contributed by atoms with van der Waals surface area (Å²) in [6.07, 6.45) is 9.30. The molecule has 0 radical (unpaired) electrons. The molecule has 0 spiro atoms. The standard InChI is InChI=1S/C16H31N3O/c1-2-14-8-4-3-5-11-19(14)15(13-17)12-16(20)18-9-6-7-10-18/h14-15H,2-13,17H2,1H3. The number of nitrogens with two attached hydrogens (primary N) is 1. The lowest BCUT2D eigenvalue weighted by Crippen LogP contribution is -2.49. The van der Waals surface area contributed by atoms with Crippen molar-refractivity contribution in [1.82, 2.24) is 9.80 Å². The predicted octanol–water partition coefficient (Wildman–Crippen LogP) is 1.98. The molecule has 2 aliphatic rings. The van der Waals surface area contributed by atoms with Crippen molar-refractivity contribution in [3.8, 4) is 0 Å². The van der Waals surface area contributed by atoms with E-state index < -0.39 is 0 Å². The Hall–Kier alpha value is -0.610. The molecule has 2 unspecified atom stereocenters. The van der Waals surface area contributed by atoms with Crippen LogP contribution in [0.5, 0.6) is 0 Å². The Bertz CT molecular complexity index is 302. The Morgan fingerprint density at radius 1 is 1.15 bits per heavy atom. The second kappa shape index (κ2) is 7.99. The van der Waals surface area contributed by atoms with Crippen molar-refractivity contribution < 1.29 is 4.79 Å². The van der Waals surface area contributed by atoms with E-state index in [4.69, 9.17) is 5.73 Å². The number of amides is 1. The molecule has 2 heterocycles. The Morgan fingerprint density at radius 2 is 1.85 bits per heavy atom. The van der Waals surface area contributed by atoms with Crippen molar-refractivity contribution in [2.75, 3.05) is 26.2 Å². The molecule has 0 aromatic heterocycles. The lowest BCUT2D eigenvalue weighted by molar-refractivity contribution is -0.131. The summed E-state index contributed by atoms with van der Waals surface area (Å²) < 4.78 is 0. The molecular formula is C16H31N3O. The lowest BCUT2D eigenvalue weighted by atomic mass is 10.0. The van der Waals surface area contributed by atoms with Crippen molar-refractivity contribution in [2.24, 2.45) is 5.73 Å². The van der Waals surface area contributed by atoms with Gasteiger partial charge in [-0.25, -0.2) is 0 Å². The molecule has 0 aliphatic carbocycles. The highest BCUT2D eigenvalue weighted by molar-refractivity contribution is 5.77. The third-order valence-corrected chi connectivity index (χ3v) is 5.00. The molecule has 2 N–H and O–H groups in total. The van der Waals surface area contributed by atoms with Gasteiger partial charge >= 0.3 is 0 Å². The molecule has 4 nitrogen and oxygen atoms in total. The zero-order valence-electron chi connectivity index (χ0n) is 13.0. The topological polar surface area (TPSA) is 49.6 Å². The van der Waals surface area contributed by atoms with Gasteiger partial charge in [0.2, 0.25) is 5.91 Å². The minimum atomic E-state index is 0.242. The minimum absolute atomic E-state index is 0.242. The maximum Gasteiger partial charge on any atom is 0.224 e. The van der Waals surface area contributed by atoms with E-state index in [1.807, 2.05) is 4.90 Å². The highest BCUT2D eigenvalue weighted by Gasteiger charge is 2.29. The first kappa shape index (κ1) is 15.8. The number of nitrogens with zero attached hydrogens (tertiary/aromatic N) is 2. The molecule has 0 bridgehead atoms. The second-order valence-corrected chi connectivity index (χ2v) is 6.33. The molecule has 2 aliphatic heterocycles. The van der Waals surface area contributed by atoms with Crippen LogP contribution >= 0.6 is 0 Å². The summed E-state index contributed by atoms with van der Waals surface area (Å²) in [6.45, 7) is 5.89. The van der Waals surface area contributed by atoms with Gasteiger partial charge in [-0.1, -0.05) is 19.8 Å². The third kappa shape index (κ3) is 3.95. The predicted molar refractivity (Wildman–Crippen MR) is 82.5 cm³/mol. The van der Waals surface area contributed by atoms with Gasteiger partial charge in [0.05, 0.1) is 0 Å². The largest absolute Gasteiger partial charge is 0.343 e. The van der Waals surface area contributed by atoms with Gasteiger partial charge in [0.25, 0.3) is 0 Å². The smallest absolute Gasteiger partial charge is 0.224 e. The van der Waals surface area contributed by atoms with Gasteiger partial charge in [-0.15, -0.1) is 0 Å². The average Bonchev–Trinajstić information content (AvgIpc) is 2.90. The molecule has 2 atom stereocenters. The van der Waals surface area contributed by atoms with E-state index >= 15 is 0 Å². The zero-order valence-corrected chi connectivity index (χ0v) is 13.0. The van der Waals surface area contributed by atoms with Gasteiger partial charge in [0, 0.05) is 38.1 Å². The number of likely N-dealkylation sites (tertiary alicyclic amines) is 2. The summed E-state index contributed by atoms with van der Waals surface area (Å²) >= 11 is 0. The molecule has 2 rings (SSSR count). The first-order chi connectivity index (χ1) is 9.76. The van der Waals surface area contributed by atoms with Crippen LogP contribution < -0.4 is 5.73 Å². The summed E-state index contributed by atoms with van der Waals surface area (Å²) in [5, 5.41) is 0. The average molecular weight is 281 g/mol. The maximum atomic E-state index is 12.4.